The van der Waals surface area contributed by atoms with Gasteiger partial charge in [-0.1, -0.05) is 12.1 Å². The molecule has 1 aliphatic carbocycles. The smallest absolute Gasteiger partial charge is 0.423 e. The van der Waals surface area contributed by atoms with Gasteiger partial charge in [0.05, 0.1) is 18.8 Å². The number of hydrogen-bond acceptors (Lipinski definition) is 4. The fraction of sp³-hybridized carbons (Fsp3) is 0.333. The SMILES string of the molecule is COc1cccc2c1C(=O)C(OC(C)C)=C(C(F)(F)F)C2=O. The van der Waals surface area contributed by atoms with Gasteiger partial charge in [-0.05, 0) is 19.9 Å². The molecule has 0 spiro atoms. The predicted octanol–water partition coefficient (Wildman–Crippen LogP) is 3.32. The molecule has 0 amide bonds. The number of allylic oxidation sites excluding steroid dienone is 2. The summed E-state index contributed by atoms with van der Waals surface area (Å²) in [5.41, 5.74) is -2.13. The third-order valence-corrected chi connectivity index (χ3v) is 3.02. The van der Waals surface area contributed by atoms with Gasteiger partial charge in [0.25, 0.3) is 0 Å². The molecule has 0 saturated heterocycles. The summed E-state index contributed by atoms with van der Waals surface area (Å²) in [4.78, 5) is 24.6. The van der Waals surface area contributed by atoms with Gasteiger partial charge in [0.15, 0.2) is 5.76 Å². The van der Waals surface area contributed by atoms with Crippen LogP contribution in [0.2, 0.25) is 0 Å². The summed E-state index contributed by atoms with van der Waals surface area (Å²) in [6, 6.07) is 3.91. The van der Waals surface area contributed by atoms with Crippen molar-refractivity contribution in [2.24, 2.45) is 0 Å². The number of benzene rings is 1. The zero-order valence-corrected chi connectivity index (χ0v) is 12.1. The van der Waals surface area contributed by atoms with Crippen LogP contribution < -0.4 is 4.74 Å². The highest BCUT2D eigenvalue weighted by molar-refractivity contribution is 6.27. The largest absolute Gasteiger partial charge is 0.496 e. The zero-order chi connectivity index (χ0) is 16.7. The summed E-state index contributed by atoms with van der Waals surface area (Å²) in [5.74, 6) is -3.25. The molecular formula is C15H13F3O4. The summed E-state index contributed by atoms with van der Waals surface area (Å²) in [5, 5.41) is 0. The van der Waals surface area contributed by atoms with Crippen LogP contribution in [-0.2, 0) is 4.74 Å². The Morgan fingerprint density at radius 3 is 2.23 bits per heavy atom. The van der Waals surface area contributed by atoms with Gasteiger partial charge in [-0.25, -0.2) is 0 Å². The topological polar surface area (TPSA) is 52.6 Å². The molecule has 0 saturated carbocycles. The first-order valence-corrected chi connectivity index (χ1v) is 6.43. The van der Waals surface area contributed by atoms with Crippen molar-refractivity contribution in [3.8, 4) is 5.75 Å². The number of carbonyl (C=O) groups is 2. The molecular weight excluding hydrogens is 301 g/mol. The standard InChI is InChI=1S/C15H13F3O4/c1-7(2)22-14-11(15(16,17)18)12(19)8-5-4-6-9(21-3)10(8)13(14)20/h4-7H,1-3H3. The maximum absolute atomic E-state index is 13.2. The maximum atomic E-state index is 13.2. The molecule has 1 aliphatic rings. The molecule has 0 fully saturated rings. The molecule has 0 unspecified atom stereocenters. The van der Waals surface area contributed by atoms with E-state index < -0.39 is 35.2 Å². The van der Waals surface area contributed by atoms with Crippen molar-refractivity contribution in [1.29, 1.82) is 0 Å². The van der Waals surface area contributed by atoms with Crippen LogP contribution in [0.15, 0.2) is 29.5 Å². The fourth-order valence-corrected chi connectivity index (χ4v) is 2.20. The van der Waals surface area contributed by atoms with E-state index in [0.717, 1.165) is 6.07 Å². The van der Waals surface area contributed by atoms with Gasteiger partial charge in [-0.15, -0.1) is 0 Å². The van der Waals surface area contributed by atoms with Crippen LogP contribution in [0.25, 0.3) is 0 Å². The number of halogens is 3. The summed E-state index contributed by atoms with van der Waals surface area (Å²) in [6.45, 7) is 2.94. The van der Waals surface area contributed by atoms with Gasteiger partial charge in [-0.3, -0.25) is 9.59 Å². The van der Waals surface area contributed by atoms with Crippen LogP contribution in [-0.4, -0.2) is 31.0 Å². The Morgan fingerprint density at radius 1 is 1.09 bits per heavy atom. The first-order chi connectivity index (χ1) is 10.2. The van der Waals surface area contributed by atoms with Crippen LogP contribution in [0.1, 0.15) is 34.6 Å². The van der Waals surface area contributed by atoms with Crippen molar-refractivity contribution in [2.45, 2.75) is 26.1 Å². The lowest BCUT2D eigenvalue weighted by molar-refractivity contribution is -0.0927. The van der Waals surface area contributed by atoms with Crippen LogP contribution in [0.4, 0.5) is 13.2 Å². The first kappa shape index (κ1) is 16.1. The third kappa shape index (κ3) is 2.58. The molecule has 7 heteroatoms. The molecule has 0 N–H and O–H groups in total. The average Bonchev–Trinajstić information content (AvgIpc) is 2.41. The minimum Gasteiger partial charge on any atom is -0.496 e. The number of alkyl halides is 3. The van der Waals surface area contributed by atoms with Crippen molar-refractivity contribution in [1.82, 2.24) is 0 Å². The summed E-state index contributed by atoms with van der Waals surface area (Å²) >= 11 is 0. The van der Waals surface area contributed by atoms with Crippen molar-refractivity contribution in [2.75, 3.05) is 7.11 Å². The number of rotatable bonds is 3. The highest BCUT2D eigenvalue weighted by atomic mass is 19.4. The third-order valence-electron chi connectivity index (χ3n) is 3.02. The summed E-state index contributed by atoms with van der Waals surface area (Å²) in [7, 11) is 1.26. The number of fused-ring (bicyclic) bond motifs is 1. The molecule has 0 bridgehead atoms. The van der Waals surface area contributed by atoms with Gasteiger partial charge >= 0.3 is 6.18 Å². The van der Waals surface area contributed by atoms with Gasteiger partial charge in [0.2, 0.25) is 11.6 Å². The molecule has 4 nitrogen and oxygen atoms in total. The Labute approximate surface area is 124 Å². The predicted molar refractivity (Wildman–Crippen MR) is 71.0 cm³/mol. The number of ether oxygens (including phenoxy) is 2. The van der Waals surface area contributed by atoms with E-state index in [2.05, 4.69) is 0 Å². The van der Waals surface area contributed by atoms with Crippen molar-refractivity contribution < 1.29 is 32.2 Å². The Balaban J connectivity index is 2.75. The quantitative estimate of drug-likeness (QED) is 0.859. The van der Waals surface area contributed by atoms with Gasteiger partial charge < -0.3 is 9.47 Å². The Bertz CT molecular complexity index is 672. The molecule has 118 valence electrons. The lowest BCUT2D eigenvalue weighted by Crippen LogP contribution is -2.32. The van der Waals surface area contributed by atoms with Gasteiger partial charge in [0, 0.05) is 5.56 Å². The monoisotopic (exact) mass is 314 g/mol. The molecule has 2 rings (SSSR count). The number of methoxy groups -OCH3 is 1. The number of carbonyl (C=O) groups excluding carboxylic acids is 2. The number of ketones is 2. The second-order valence-electron chi connectivity index (χ2n) is 4.91. The van der Waals surface area contributed by atoms with E-state index in [0.29, 0.717) is 0 Å². The van der Waals surface area contributed by atoms with E-state index in [1.54, 1.807) is 0 Å². The fourth-order valence-electron chi connectivity index (χ4n) is 2.20. The van der Waals surface area contributed by atoms with Crippen LogP contribution in [0.5, 0.6) is 5.75 Å². The zero-order valence-electron chi connectivity index (χ0n) is 12.1. The molecule has 1 aromatic rings. The van der Waals surface area contributed by atoms with Crippen LogP contribution in [0, 0.1) is 0 Å². The molecule has 0 radical (unpaired) electrons. The number of hydrogen-bond donors (Lipinski definition) is 0. The lowest BCUT2D eigenvalue weighted by atomic mass is 9.87. The average molecular weight is 314 g/mol. The Kier molecular flexibility index (Phi) is 4.00. The summed E-state index contributed by atoms with van der Waals surface area (Å²) in [6.07, 6.45) is -5.68. The second kappa shape index (κ2) is 5.47. The molecule has 22 heavy (non-hydrogen) atoms. The van der Waals surface area contributed by atoms with E-state index >= 15 is 0 Å². The highest BCUT2D eigenvalue weighted by Gasteiger charge is 2.49. The van der Waals surface area contributed by atoms with Crippen LogP contribution >= 0.6 is 0 Å². The van der Waals surface area contributed by atoms with E-state index in [9.17, 15) is 22.8 Å². The maximum Gasteiger partial charge on any atom is 0.423 e. The molecule has 0 atom stereocenters. The van der Waals surface area contributed by atoms with E-state index in [1.165, 1.54) is 33.1 Å². The van der Waals surface area contributed by atoms with E-state index in [4.69, 9.17) is 9.47 Å². The van der Waals surface area contributed by atoms with Gasteiger partial charge in [-0.2, -0.15) is 13.2 Å². The number of Topliss-reactive ketones (excluding diaryl/α,β-unsaturated/α-hetero) is 2. The normalized spacial score (nSPS) is 15.2. The van der Waals surface area contributed by atoms with Gasteiger partial charge in [0.1, 0.15) is 11.3 Å². The molecule has 0 aromatic heterocycles. The lowest BCUT2D eigenvalue weighted by Gasteiger charge is -2.24. The molecule has 1 aromatic carbocycles. The second-order valence-corrected chi connectivity index (χ2v) is 4.91. The minimum absolute atomic E-state index is 0.0296. The highest BCUT2D eigenvalue weighted by Crippen LogP contribution is 2.40. The minimum atomic E-state index is -4.99. The van der Waals surface area contributed by atoms with Crippen molar-refractivity contribution in [3.63, 3.8) is 0 Å². The molecule has 0 heterocycles. The van der Waals surface area contributed by atoms with E-state index in [1.807, 2.05) is 0 Å². The van der Waals surface area contributed by atoms with Crippen molar-refractivity contribution in [3.05, 3.63) is 40.7 Å². The van der Waals surface area contributed by atoms with Crippen LogP contribution in [0.3, 0.4) is 0 Å². The Hall–Kier alpha value is -2.31. The first-order valence-electron chi connectivity index (χ1n) is 6.43. The molecule has 0 aliphatic heterocycles. The van der Waals surface area contributed by atoms with Crippen molar-refractivity contribution >= 4 is 11.6 Å². The summed E-state index contributed by atoms with van der Waals surface area (Å²) < 4.78 is 49.6. The Morgan fingerprint density at radius 2 is 1.73 bits per heavy atom. The van der Waals surface area contributed by atoms with E-state index in [-0.39, 0.29) is 16.9 Å².